The smallest absolute Gasteiger partial charge is 0.317 e. The van der Waals surface area contributed by atoms with Gasteiger partial charge in [-0.2, -0.15) is 0 Å². The molecular weight excluding hydrogens is 501 g/mol. The van der Waals surface area contributed by atoms with Gasteiger partial charge in [0.15, 0.2) is 0 Å². The summed E-state index contributed by atoms with van der Waals surface area (Å²) in [5.41, 5.74) is 3.36. The SMILES string of the molecule is CC(F)Oc1ccccc1[C@@H]1CCn2c(=O)c3ccc(-c4cnc(N5CCN6C(=O)NC[C@H]6C5)nc4)cc3n21. The Bertz CT molecular complexity index is 1630. The van der Waals surface area contributed by atoms with Crippen LogP contribution in [0, 0.1) is 0 Å². The Kier molecular flexibility index (Phi) is 5.53. The van der Waals surface area contributed by atoms with Crippen LogP contribution in [0.1, 0.15) is 24.9 Å². The zero-order valence-corrected chi connectivity index (χ0v) is 21.5. The summed E-state index contributed by atoms with van der Waals surface area (Å²) in [6.07, 6.45) is 2.88. The second-order valence-corrected chi connectivity index (χ2v) is 10.3. The van der Waals surface area contributed by atoms with Crippen LogP contribution in [0.15, 0.2) is 59.7 Å². The van der Waals surface area contributed by atoms with E-state index in [0.717, 1.165) is 22.2 Å². The topological polar surface area (TPSA) is 97.5 Å². The van der Waals surface area contributed by atoms with Gasteiger partial charge < -0.3 is 19.9 Å². The molecule has 0 saturated carbocycles. The van der Waals surface area contributed by atoms with Crippen LogP contribution in [0.25, 0.3) is 22.0 Å². The number of rotatable bonds is 5. The third-order valence-electron chi connectivity index (χ3n) is 7.93. The summed E-state index contributed by atoms with van der Waals surface area (Å²) in [4.78, 5) is 38.4. The first kappa shape index (κ1) is 23.7. The number of hydrogen-bond donors (Lipinski definition) is 1. The van der Waals surface area contributed by atoms with Crippen LogP contribution in [-0.2, 0) is 6.54 Å². The maximum atomic E-state index is 13.8. The lowest BCUT2D eigenvalue weighted by Crippen LogP contribution is -2.52. The number of anilines is 1. The lowest BCUT2D eigenvalue weighted by molar-refractivity contribution is 0.0843. The van der Waals surface area contributed by atoms with Gasteiger partial charge in [0.05, 0.1) is 23.0 Å². The fraction of sp³-hybridized carbons (Fsp3) is 0.357. The van der Waals surface area contributed by atoms with Gasteiger partial charge in [-0.15, -0.1) is 0 Å². The Morgan fingerprint density at radius 1 is 1.05 bits per heavy atom. The highest BCUT2D eigenvalue weighted by molar-refractivity contribution is 5.85. The maximum absolute atomic E-state index is 13.8. The summed E-state index contributed by atoms with van der Waals surface area (Å²) in [6, 6.07) is 13.2. The molecule has 4 aromatic rings. The van der Waals surface area contributed by atoms with Crippen molar-refractivity contribution in [1.82, 2.24) is 29.5 Å². The number of urea groups is 1. The van der Waals surface area contributed by atoms with Crippen LogP contribution < -0.4 is 20.5 Å². The number of halogens is 1. The summed E-state index contributed by atoms with van der Waals surface area (Å²) < 4.78 is 23.0. The largest absolute Gasteiger partial charge is 0.460 e. The number of fused-ring (bicyclic) bond motifs is 4. The number of carbonyl (C=O) groups excluding carboxylic acids is 1. The summed E-state index contributed by atoms with van der Waals surface area (Å²) >= 11 is 0. The van der Waals surface area contributed by atoms with E-state index in [9.17, 15) is 14.0 Å². The minimum atomic E-state index is -1.44. The Labute approximate surface area is 223 Å². The maximum Gasteiger partial charge on any atom is 0.317 e. The monoisotopic (exact) mass is 529 g/mol. The summed E-state index contributed by atoms with van der Waals surface area (Å²) in [6.45, 7) is 4.59. The molecule has 0 bridgehead atoms. The second kappa shape index (κ2) is 9.11. The molecule has 3 atom stereocenters. The van der Waals surface area contributed by atoms with Crippen LogP contribution >= 0.6 is 0 Å². The van der Waals surface area contributed by atoms with E-state index in [1.165, 1.54) is 6.92 Å². The third kappa shape index (κ3) is 3.91. The quantitative estimate of drug-likeness (QED) is 0.427. The fourth-order valence-electron chi connectivity index (χ4n) is 6.11. The van der Waals surface area contributed by atoms with Gasteiger partial charge in [-0.05, 0) is 30.2 Å². The van der Waals surface area contributed by atoms with Crippen molar-refractivity contribution in [2.24, 2.45) is 0 Å². The molecule has 10 nitrogen and oxygen atoms in total. The molecular formula is C28H28FN7O3. The number of nitrogens with zero attached hydrogens (tertiary/aromatic N) is 6. The van der Waals surface area contributed by atoms with Crippen molar-refractivity contribution >= 4 is 22.9 Å². The first-order valence-electron chi connectivity index (χ1n) is 13.2. The molecule has 0 radical (unpaired) electrons. The van der Waals surface area contributed by atoms with Gasteiger partial charge in [0.2, 0.25) is 12.3 Å². The first-order valence-corrected chi connectivity index (χ1v) is 13.2. The number of para-hydroxylation sites is 1. The van der Waals surface area contributed by atoms with Gasteiger partial charge in [-0.25, -0.2) is 23.8 Å². The van der Waals surface area contributed by atoms with Gasteiger partial charge in [-0.1, -0.05) is 24.3 Å². The van der Waals surface area contributed by atoms with E-state index in [0.29, 0.717) is 56.2 Å². The van der Waals surface area contributed by atoms with Gasteiger partial charge in [0.25, 0.3) is 5.56 Å². The van der Waals surface area contributed by atoms with Gasteiger partial charge >= 0.3 is 6.03 Å². The molecule has 2 aromatic carbocycles. The Morgan fingerprint density at radius 3 is 2.69 bits per heavy atom. The van der Waals surface area contributed by atoms with E-state index < -0.39 is 6.36 Å². The molecule has 3 aliphatic rings. The van der Waals surface area contributed by atoms with E-state index in [2.05, 4.69) is 20.2 Å². The molecule has 0 aliphatic carbocycles. The average molecular weight is 530 g/mol. The molecule has 2 fully saturated rings. The standard InChI is InChI=1S/C28H28FN7O3/c1-17(29)39-25-5-3-2-4-21(25)23-8-9-35-26(37)22-7-6-18(12-24(22)36(23)35)19-13-30-27(31-14-19)33-10-11-34-20(16-33)15-32-28(34)38/h2-7,12-14,17,20,23H,8-11,15-16H2,1H3,(H,32,38)/t17?,20-,23-/m0/s1. The van der Waals surface area contributed by atoms with Crippen molar-refractivity contribution in [1.29, 1.82) is 0 Å². The van der Waals surface area contributed by atoms with Crippen LogP contribution in [-0.4, -0.2) is 68.8 Å². The predicted molar refractivity (Wildman–Crippen MR) is 144 cm³/mol. The number of ether oxygens (including phenoxy) is 1. The molecule has 11 heteroatoms. The van der Waals surface area contributed by atoms with E-state index in [1.807, 2.05) is 46.0 Å². The minimum absolute atomic E-state index is 0.00204. The van der Waals surface area contributed by atoms with E-state index in [1.54, 1.807) is 23.1 Å². The Morgan fingerprint density at radius 2 is 1.87 bits per heavy atom. The van der Waals surface area contributed by atoms with Crippen molar-refractivity contribution in [2.75, 3.05) is 31.1 Å². The van der Waals surface area contributed by atoms with E-state index in [4.69, 9.17) is 4.74 Å². The van der Waals surface area contributed by atoms with E-state index in [-0.39, 0.29) is 23.7 Å². The molecule has 5 heterocycles. The predicted octanol–water partition coefficient (Wildman–Crippen LogP) is 3.16. The molecule has 0 spiro atoms. The lowest BCUT2D eigenvalue weighted by atomic mass is 10.0. The zero-order chi connectivity index (χ0) is 26.7. The highest BCUT2D eigenvalue weighted by atomic mass is 19.1. The van der Waals surface area contributed by atoms with Crippen molar-refractivity contribution in [3.63, 3.8) is 0 Å². The molecule has 2 amide bonds. The number of piperazine rings is 1. The second-order valence-electron chi connectivity index (χ2n) is 10.3. The number of alkyl halides is 1. The number of carbonyl (C=O) groups is 1. The average Bonchev–Trinajstić information content (AvgIpc) is 3.63. The number of amides is 2. The zero-order valence-electron chi connectivity index (χ0n) is 21.5. The molecule has 2 saturated heterocycles. The lowest BCUT2D eigenvalue weighted by Gasteiger charge is -2.36. The Balaban J connectivity index is 1.21. The molecule has 200 valence electrons. The third-order valence-corrected chi connectivity index (χ3v) is 7.93. The summed E-state index contributed by atoms with van der Waals surface area (Å²) in [5, 5.41) is 3.53. The molecule has 1 N–H and O–H groups in total. The first-order chi connectivity index (χ1) is 19.0. The summed E-state index contributed by atoms with van der Waals surface area (Å²) in [7, 11) is 0. The van der Waals surface area contributed by atoms with Gasteiger partial charge in [0, 0.05) is 63.2 Å². The summed E-state index contributed by atoms with van der Waals surface area (Å²) in [5.74, 6) is 1.12. The number of benzene rings is 2. The molecule has 1 unspecified atom stereocenters. The number of aromatic nitrogens is 4. The molecule has 2 aromatic heterocycles. The number of nitrogens with one attached hydrogen (secondary N) is 1. The van der Waals surface area contributed by atoms with Crippen molar-refractivity contribution in [3.8, 4) is 16.9 Å². The molecule has 7 rings (SSSR count). The van der Waals surface area contributed by atoms with Gasteiger partial charge in [-0.3, -0.25) is 9.48 Å². The van der Waals surface area contributed by atoms with Crippen LogP contribution in [0.5, 0.6) is 5.75 Å². The van der Waals surface area contributed by atoms with Crippen molar-refractivity contribution < 1.29 is 13.9 Å². The minimum Gasteiger partial charge on any atom is -0.460 e. The molecule has 3 aliphatic heterocycles. The van der Waals surface area contributed by atoms with Crippen molar-refractivity contribution in [3.05, 3.63) is 70.8 Å². The normalized spacial score (nSPS) is 21.1. The number of hydrogen-bond acceptors (Lipinski definition) is 6. The van der Waals surface area contributed by atoms with Crippen LogP contribution in [0.2, 0.25) is 0 Å². The van der Waals surface area contributed by atoms with Crippen molar-refractivity contribution in [2.45, 2.75) is 38.3 Å². The fourth-order valence-corrected chi connectivity index (χ4v) is 6.11. The van der Waals surface area contributed by atoms with Crippen LogP contribution in [0.3, 0.4) is 0 Å². The van der Waals surface area contributed by atoms with Crippen LogP contribution in [0.4, 0.5) is 15.1 Å². The Hall–Kier alpha value is -4.41. The highest BCUT2D eigenvalue weighted by Crippen LogP contribution is 2.37. The van der Waals surface area contributed by atoms with Gasteiger partial charge in [0.1, 0.15) is 5.75 Å². The molecule has 39 heavy (non-hydrogen) atoms. The van der Waals surface area contributed by atoms with E-state index >= 15 is 0 Å². The highest BCUT2D eigenvalue weighted by Gasteiger charge is 2.36.